The molecule has 0 unspecified atom stereocenters. The maximum absolute atomic E-state index is 12.3. The van der Waals surface area contributed by atoms with Crippen molar-refractivity contribution in [3.05, 3.63) is 21.4 Å². The van der Waals surface area contributed by atoms with Gasteiger partial charge in [0.25, 0.3) is 5.91 Å². The molecular formula is C18H23NO5S2. The van der Waals surface area contributed by atoms with Gasteiger partial charge in [0.2, 0.25) is 0 Å². The number of aryl methyl sites for hydroxylation is 1. The van der Waals surface area contributed by atoms with Gasteiger partial charge < -0.3 is 14.4 Å². The number of amides is 1. The van der Waals surface area contributed by atoms with Crippen molar-refractivity contribution in [2.75, 3.05) is 32.6 Å². The smallest absolute Gasteiger partial charge is 0.348 e. The summed E-state index contributed by atoms with van der Waals surface area (Å²) in [6.45, 7) is 2.75. The molecule has 2 aliphatic rings. The highest BCUT2D eigenvalue weighted by Gasteiger charge is 2.30. The highest BCUT2D eigenvalue weighted by Crippen LogP contribution is 2.32. The van der Waals surface area contributed by atoms with Crippen LogP contribution in [0.4, 0.5) is 0 Å². The van der Waals surface area contributed by atoms with Crippen LogP contribution in [0.3, 0.4) is 0 Å². The van der Waals surface area contributed by atoms with Crippen molar-refractivity contribution in [1.82, 2.24) is 4.90 Å². The average molecular weight is 398 g/mol. The minimum absolute atomic E-state index is 0.275. The molecule has 1 saturated heterocycles. The summed E-state index contributed by atoms with van der Waals surface area (Å²) in [6, 6.07) is 1.91. The van der Waals surface area contributed by atoms with E-state index in [0.29, 0.717) is 29.6 Å². The van der Waals surface area contributed by atoms with E-state index in [2.05, 4.69) is 6.92 Å². The summed E-state index contributed by atoms with van der Waals surface area (Å²) < 4.78 is 9.97. The highest BCUT2D eigenvalue weighted by molar-refractivity contribution is 8.00. The van der Waals surface area contributed by atoms with Crippen LogP contribution in [-0.4, -0.2) is 60.6 Å². The number of thioether (sulfide) groups is 1. The molecule has 0 aromatic carbocycles. The van der Waals surface area contributed by atoms with E-state index in [-0.39, 0.29) is 23.7 Å². The largest absolute Gasteiger partial charge is 0.468 e. The van der Waals surface area contributed by atoms with E-state index in [1.165, 1.54) is 40.6 Å². The summed E-state index contributed by atoms with van der Waals surface area (Å²) >= 11 is 2.96. The van der Waals surface area contributed by atoms with E-state index in [9.17, 15) is 14.4 Å². The quantitative estimate of drug-likeness (QED) is 0.725. The first kappa shape index (κ1) is 19.2. The molecule has 0 bridgehead atoms. The van der Waals surface area contributed by atoms with Gasteiger partial charge in [-0.05, 0) is 36.8 Å². The zero-order valence-corrected chi connectivity index (χ0v) is 16.6. The lowest BCUT2D eigenvalue weighted by atomic mass is 9.90. The van der Waals surface area contributed by atoms with E-state index in [0.717, 1.165) is 19.3 Å². The van der Waals surface area contributed by atoms with Crippen molar-refractivity contribution < 1.29 is 23.9 Å². The molecule has 6 nitrogen and oxygen atoms in total. The number of nitrogens with zero attached hydrogens (tertiary/aromatic N) is 1. The Balaban J connectivity index is 1.53. The number of ether oxygens (including phenoxy) is 2. The second kappa shape index (κ2) is 8.43. The van der Waals surface area contributed by atoms with Gasteiger partial charge in [-0.15, -0.1) is 23.1 Å². The van der Waals surface area contributed by atoms with Gasteiger partial charge in [-0.2, -0.15) is 0 Å². The molecule has 26 heavy (non-hydrogen) atoms. The third-order valence-electron chi connectivity index (χ3n) is 4.74. The van der Waals surface area contributed by atoms with E-state index < -0.39 is 5.97 Å². The number of fused-ring (bicyclic) bond motifs is 1. The summed E-state index contributed by atoms with van der Waals surface area (Å²) in [4.78, 5) is 39.6. The van der Waals surface area contributed by atoms with Gasteiger partial charge in [0, 0.05) is 23.7 Å². The lowest BCUT2D eigenvalue weighted by molar-refractivity contribution is -0.141. The molecule has 142 valence electrons. The summed E-state index contributed by atoms with van der Waals surface area (Å²) in [7, 11) is 1.34. The first-order chi connectivity index (χ1) is 12.5. The Hall–Kier alpha value is -1.54. The Morgan fingerprint density at radius 2 is 2.15 bits per heavy atom. The van der Waals surface area contributed by atoms with Crippen LogP contribution in [0.25, 0.3) is 0 Å². The molecule has 0 N–H and O–H groups in total. The summed E-state index contributed by atoms with van der Waals surface area (Å²) in [5.74, 6) is 0.254. The van der Waals surface area contributed by atoms with Gasteiger partial charge in [0.1, 0.15) is 10.1 Å². The van der Waals surface area contributed by atoms with Crippen LogP contribution in [0.5, 0.6) is 0 Å². The number of esters is 2. The average Bonchev–Trinajstić information content (AvgIpc) is 3.08. The van der Waals surface area contributed by atoms with Crippen molar-refractivity contribution in [3.8, 4) is 0 Å². The second-order valence-corrected chi connectivity index (χ2v) is 9.15. The zero-order chi connectivity index (χ0) is 18.7. The molecule has 1 amide bonds. The molecule has 0 spiro atoms. The first-order valence-electron chi connectivity index (χ1n) is 8.74. The third-order valence-corrected chi connectivity index (χ3v) is 7.12. The normalized spacial score (nSPS) is 22.5. The Morgan fingerprint density at radius 1 is 1.35 bits per heavy atom. The van der Waals surface area contributed by atoms with E-state index >= 15 is 0 Å². The molecule has 0 radical (unpaired) electrons. The molecule has 1 aliphatic carbocycles. The molecule has 2 atom stereocenters. The zero-order valence-electron chi connectivity index (χ0n) is 15.0. The molecule has 1 aliphatic heterocycles. The van der Waals surface area contributed by atoms with Gasteiger partial charge in [0.15, 0.2) is 6.61 Å². The number of carbonyl (C=O) groups is 3. The SMILES string of the molecule is COC(=O)[C@@H]1CN(C(=O)COC(=O)c2cc3c(s2)CC[C@H](C)C3)CCS1. The molecular weight excluding hydrogens is 374 g/mol. The van der Waals surface area contributed by atoms with E-state index in [1.54, 1.807) is 4.90 Å². The van der Waals surface area contributed by atoms with Crippen LogP contribution in [-0.2, 0) is 31.9 Å². The van der Waals surface area contributed by atoms with Crippen LogP contribution in [0.15, 0.2) is 6.07 Å². The maximum Gasteiger partial charge on any atom is 0.348 e. The van der Waals surface area contributed by atoms with E-state index in [1.807, 2.05) is 6.07 Å². The molecule has 1 aromatic rings. The fourth-order valence-electron chi connectivity index (χ4n) is 3.25. The maximum atomic E-state index is 12.3. The minimum atomic E-state index is -0.443. The van der Waals surface area contributed by atoms with Crippen molar-refractivity contribution in [2.45, 2.75) is 31.4 Å². The molecule has 2 heterocycles. The number of thiophene rings is 1. The lowest BCUT2D eigenvalue weighted by Crippen LogP contribution is -2.46. The van der Waals surface area contributed by atoms with Crippen LogP contribution in [0, 0.1) is 5.92 Å². The Bertz CT molecular complexity index is 702. The van der Waals surface area contributed by atoms with Crippen LogP contribution in [0.1, 0.15) is 33.5 Å². The second-order valence-electron chi connectivity index (χ2n) is 6.71. The molecule has 1 aromatic heterocycles. The third kappa shape index (κ3) is 4.40. The molecule has 1 fully saturated rings. The predicted octanol–water partition coefficient (Wildman–Crippen LogP) is 2.15. The number of carbonyl (C=O) groups excluding carboxylic acids is 3. The minimum Gasteiger partial charge on any atom is -0.468 e. The summed E-state index contributed by atoms with van der Waals surface area (Å²) in [5, 5.41) is -0.376. The van der Waals surface area contributed by atoms with Crippen molar-refractivity contribution in [3.63, 3.8) is 0 Å². The van der Waals surface area contributed by atoms with E-state index in [4.69, 9.17) is 9.47 Å². The summed E-state index contributed by atoms with van der Waals surface area (Å²) in [6.07, 6.45) is 3.15. The van der Waals surface area contributed by atoms with Gasteiger partial charge in [-0.1, -0.05) is 6.92 Å². The summed E-state index contributed by atoms with van der Waals surface area (Å²) in [5.41, 5.74) is 1.24. The Kier molecular flexibility index (Phi) is 6.24. The predicted molar refractivity (Wildman–Crippen MR) is 101 cm³/mol. The van der Waals surface area contributed by atoms with Crippen molar-refractivity contribution in [1.29, 1.82) is 0 Å². The highest BCUT2D eigenvalue weighted by atomic mass is 32.2. The van der Waals surface area contributed by atoms with Crippen LogP contribution < -0.4 is 0 Å². The fourth-order valence-corrected chi connectivity index (χ4v) is 5.48. The lowest BCUT2D eigenvalue weighted by Gasteiger charge is -2.30. The van der Waals surface area contributed by atoms with Crippen molar-refractivity contribution >= 4 is 40.9 Å². The fraction of sp³-hybridized carbons (Fsp3) is 0.611. The monoisotopic (exact) mass is 397 g/mol. The van der Waals surface area contributed by atoms with Crippen molar-refractivity contribution in [2.24, 2.45) is 5.92 Å². The first-order valence-corrected chi connectivity index (χ1v) is 10.6. The topological polar surface area (TPSA) is 72.9 Å². The number of hydrogen-bond acceptors (Lipinski definition) is 7. The molecule has 8 heteroatoms. The molecule has 3 rings (SSSR count). The van der Waals surface area contributed by atoms with Gasteiger partial charge in [0.05, 0.1) is 7.11 Å². The molecule has 0 saturated carbocycles. The number of methoxy groups -OCH3 is 1. The van der Waals surface area contributed by atoms with Gasteiger partial charge in [-0.3, -0.25) is 9.59 Å². The van der Waals surface area contributed by atoms with Gasteiger partial charge in [-0.25, -0.2) is 4.79 Å². The van der Waals surface area contributed by atoms with Gasteiger partial charge >= 0.3 is 11.9 Å². The standard InChI is InChI=1S/C18H23NO5S2/c1-11-3-4-13-12(7-11)8-14(26-13)18(22)24-10-16(20)19-5-6-25-15(9-19)17(21)23-2/h8,11,15H,3-7,9-10H2,1-2H3/t11-,15-/m0/s1. The van der Waals surface area contributed by atoms with Crippen LogP contribution >= 0.6 is 23.1 Å². The van der Waals surface area contributed by atoms with Crippen LogP contribution in [0.2, 0.25) is 0 Å². The number of hydrogen-bond donors (Lipinski definition) is 0. The number of rotatable bonds is 4. The Morgan fingerprint density at radius 3 is 2.92 bits per heavy atom. The Labute approximate surface area is 161 Å².